The number of carbonyl (C=O) groups excluding carboxylic acids is 3. The maximum atomic E-state index is 11.4. The van der Waals surface area contributed by atoms with Crippen molar-refractivity contribution < 1.29 is 42.1 Å². The van der Waals surface area contributed by atoms with E-state index in [0.29, 0.717) is 5.56 Å². The van der Waals surface area contributed by atoms with Crippen LogP contribution in [0, 0.1) is 0 Å². The van der Waals surface area contributed by atoms with Crippen molar-refractivity contribution in [2.24, 2.45) is 7.05 Å². The molecule has 122 valence electrons. The summed E-state index contributed by atoms with van der Waals surface area (Å²) in [5.41, 5.74) is 0.400. The Hall–Kier alpha value is -2.72. The molecule has 0 fully saturated rings. The molecule has 0 spiro atoms. The highest BCUT2D eigenvalue weighted by atomic mass is 19.4. The van der Waals surface area contributed by atoms with Gasteiger partial charge in [-0.05, 0) is 5.10 Å². The third-order valence-corrected chi connectivity index (χ3v) is 1.96. The van der Waals surface area contributed by atoms with Gasteiger partial charge in [0.05, 0.1) is 12.7 Å². The highest BCUT2D eigenvalue weighted by molar-refractivity contribution is 5.95. The van der Waals surface area contributed by atoms with Crippen molar-refractivity contribution in [3.63, 3.8) is 0 Å². The fraction of sp³-hybridized carbons (Fsp3) is 0.364. The van der Waals surface area contributed by atoms with E-state index in [9.17, 15) is 22.8 Å². The Bertz CT molecular complexity index is 531. The molecule has 0 aromatic carbocycles. The van der Waals surface area contributed by atoms with Crippen molar-refractivity contribution in [2.45, 2.75) is 6.18 Å². The fourth-order valence-corrected chi connectivity index (χ4v) is 0.884. The molecular formula is C11H12F3N3O5. The zero-order valence-corrected chi connectivity index (χ0v) is 11.5. The minimum Gasteiger partial charge on any atom is -0.542 e. The van der Waals surface area contributed by atoms with Crippen molar-refractivity contribution in [2.75, 3.05) is 13.7 Å². The first kappa shape index (κ1) is 19.3. The number of nitrogens with one attached hydrogen (secondary N) is 1. The maximum absolute atomic E-state index is 11.4. The van der Waals surface area contributed by atoms with Crippen LogP contribution in [0.1, 0.15) is 10.4 Å². The molecule has 11 heteroatoms. The number of amides is 1. The van der Waals surface area contributed by atoms with Gasteiger partial charge in [0.15, 0.2) is 13.2 Å². The van der Waals surface area contributed by atoms with Gasteiger partial charge < -0.3 is 20.0 Å². The SMILES string of the molecule is COC(=O)CNC(=O)c1cc[n+](C)nc1.O=C([O-])C(F)(F)F. The van der Waals surface area contributed by atoms with Crippen LogP contribution in [-0.4, -0.2) is 42.8 Å². The Morgan fingerprint density at radius 1 is 1.41 bits per heavy atom. The number of carboxylic acid groups (broad SMARTS) is 1. The van der Waals surface area contributed by atoms with Gasteiger partial charge in [0.25, 0.3) is 5.91 Å². The zero-order valence-electron chi connectivity index (χ0n) is 11.5. The predicted molar refractivity (Wildman–Crippen MR) is 60.8 cm³/mol. The second kappa shape index (κ2) is 8.54. The second-order valence-electron chi connectivity index (χ2n) is 3.63. The maximum Gasteiger partial charge on any atom is 0.430 e. The van der Waals surface area contributed by atoms with Crippen molar-refractivity contribution in [3.05, 3.63) is 24.0 Å². The van der Waals surface area contributed by atoms with E-state index in [1.807, 2.05) is 0 Å². The summed E-state index contributed by atoms with van der Waals surface area (Å²) in [5, 5.41) is 15.1. The van der Waals surface area contributed by atoms with Gasteiger partial charge in [-0.15, -0.1) is 0 Å². The Kier molecular flexibility index (Phi) is 7.49. The Balaban J connectivity index is 0.000000534. The molecule has 1 amide bonds. The van der Waals surface area contributed by atoms with E-state index < -0.39 is 18.1 Å². The lowest BCUT2D eigenvalue weighted by Crippen LogP contribution is -2.37. The van der Waals surface area contributed by atoms with Crippen LogP contribution in [0.25, 0.3) is 0 Å². The molecule has 1 rings (SSSR count). The van der Waals surface area contributed by atoms with E-state index in [0.717, 1.165) is 0 Å². The number of hydrogen-bond donors (Lipinski definition) is 1. The summed E-state index contributed by atoms with van der Waals surface area (Å²) < 4.78 is 37.5. The van der Waals surface area contributed by atoms with Gasteiger partial charge in [-0.1, -0.05) is 4.68 Å². The minimum atomic E-state index is -5.19. The minimum absolute atomic E-state index is 0.143. The molecule has 22 heavy (non-hydrogen) atoms. The molecule has 1 aromatic rings. The summed E-state index contributed by atoms with van der Waals surface area (Å²) in [5.74, 6) is -3.85. The first-order valence-corrected chi connectivity index (χ1v) is 5.53. The van der Waals surface area contributed by atoms with E-state index in [2.05, 4.69) is 15.2 Å². The average molecular weight is 323 g/mol. The van der Waals surface area contributed by atoms with Crippen LogP contribution in [0.2, 0.25) is 0 Å². The highest BCUT2D eigenvalue weighted by Crippen LogP contribution is 2.11. The Morgan fingerprint density at radius 2 is 1.95 bits per heavy atom. The summed E-state index contributed by atoms with van der Waals surface area (Å²) in [6.07, 6.45) is -2.13. The van der Waals surface area contributed by atoms with Gasteiger partial charge in [-0.3, -0.25) is 9.59 Å². The molecule has 0 saturated heterocycles. The molecule has 0 aliphatic rings. The smallest absolute Gasteiger partial charge is 0.430 e. The van der Waals surface area contributed by atoms with E-state index >= 15 is 0 Å². The lowest BCUT2D eigenvalue weighted by atomic mass is 10.3. The number of hydrogen-bond acceptors (Lipinski definition) is 6. The molecule has 0 atom stereocenters. The largest absolute Gasteiger partial charge is 0.542 e. The number of alkyl halides is 3. The van der Waals surface area contributed by atoms with Gasteiger partial charge >= 0.3 is 12.1 Å². The van der Waals surface area contributed by atoms with Crippen molar-refractivity contribution in [3.8, 4) is 0 Å². The van der Waals surface area contributed by atoms with Crippen molar-refractivity contribution >= 4 is 17.8 Å². The van der Waals surface area contributed by atoms with E-state index in [4.69, 9.17) is 9.90 Å². The van der Waals surface area contributed by atoms with Crippen LogP contribution in [0.15, 0.2) is 18.5 Å². The highest BCUT2D eigenvalue weighted by Gasteiger charge is 2.28. The van der Waals surface area contributed by atoms with Gasteiger partial charge in [0.1, 0.15) is 18.7 Å². The summed E-state index contributed by atoms with van der Waals surface area (Å²) in [6.45, 7) is -0.143. The quantitative estimate of drug-likeness (QED) is 0.514. The van der Waals surface area contributed by atoms with Crippen LogP contribution < -0.4 is 15.1 Å². The van der Waals surface area contributed by atoms with E-state index in [1.165, 1.54) is 13.3 Å². The summed E-state index contributed by atoms with van der Waals surface area (Å²) in [6, 6.07) is 1.61. The Labute approximate surface area is 122 Å². The van der Waals surface area contributed by atoms with Gasteiger partial charge in [0.2, 0.25) is 0 Å². The number of aromatic nitrogens is 2. The monoisotopic (exact) mass is 323 g/mol. The standard InChI is InChI=1S/C9H11N3O3.C2HF3O2/c1-12-4-3-7(5-11-12)9(14)10-6-8(13)15-2;3-2(4,5)1(6)7/h3-5H,6H2,1-2H3;(H,6,7). The number of ether oxygens (including phenoxy) is 1. The van der Waals surface area contributed by atoms with Crippen LogP contribution >= 0.6 is 0 Å². The van der Waals surface area contributed by atoms with Gasteiger partial charge in [-0.25, -0.2) is 0 Å². The number of nitrogens with zero attached hydrogens (tertiary/aromatic N) is 2. The lowest BCUT2D eigenvalue weighted by Gasteiger charge is -2.03. The van der Waals surface area contributed by atoms with Crippen LogP contribution in [0.3, 0.4) is 0 Å². The van der Waals surface area contributed by atoms with Gasteiger partial charge in [-0.2, -0.15) is 13.2 Å². The number of esters is 1. The number of carbonyl (C=O) groups is 3. The molecule has 0 bridgehead atoms. The van der Waals surface area contributed by atoms with Crippen molar-refractivity contribution in [1.29, 1.82) is 0 Å². The lowest BCUT2D eigenvalue weighted by molar-refractivity contribution is -0.730. The molecule has 8 nitrogen and oxygen atoms in total. The number of aryl methyl sites for hydroxylation is 1. The van der Waals surface area contributed by atoms with Crippen LogP contribution in [-0.2, 0) is 21.4 Å². The third-order valence-electron chi connectivity index (χ3n) is 1.96. The van der Waals surface area contributed by atoms with E-state index in [1.54, 1.807) is 24.0 Å². The first-order chi connectivity index (χ1) is 10.1. The number of halogens is 3. The normalized spacial score (nSPS) is 10.0. The number of carboxylic acids is 1. The molecule has 0 unspecified atom stereocenters. The molecule has 0 aliphatic heterocycles. The topological polar surface area (TPSA) is 112 Å². The molecule has 0 saturated carbocycles. The number of methoxy groups -OCH3 is 1. The summed E-state index contributed by atoms with van der Waals surface area (Å²) >= 11 is 0. The number of aliphatic carboxylic acids is 1. The first-order valence-electron chi connectivity index (χ1n) is 5.53. The van der Waals surface area contributed by atoms with Crippen LogP contribution in [0.5, 0.6) is 0 Å². The second-order valence-corrected chi connectivity index (χ2v) is 3.63. The number of rotatable bonds is 3. The van der Waals surface area contributed by atoms with Crippen molar-refractivity contribution in [1.82, 2.24) is 10.4 Å². The molecular weight excluding hydrogens is 311 g/mol. The molecule has 1 aromatic heterocycles. The van der Waals surface area contributed by atoms with Crippen LogP contribution in [0.4, 0.5) is 13.2 Å². The molecule has 0 radical (unpaired) electrons. The summed E-state index contributed by atoms with van der Waals surface area (Å²) in [7, 11) is 3.01. The molecule has 0 aliphatic carbocycles. The predicted octanol–water partition coefficient (Wildman–Crippen LogP) is -1.89. The van der Waals surface area contributed by atoms with Gasteiger partial charge in [0, 0.05) is 6.07 Å². The fourth-order valence-electron chi connectivity index (χ4n) is 0.884. The average Bonchev–Trinajstić information content (AvgIpc) is 2.44. The molecule has 1 N–H and O–H groups in total. The molecule has 1 heterocycles. The zero-order chi connectivity index (χ0) is 17.3. The summed E-state index contributed by atoms with van der Waals surface area (Å²) in [4.78, 5) is 30.9. The third kappa shape index (κ3) is 7.77. The Morgan fingerprint density at radius 3 is 2.32 bits per heavy atom. The van der Waals surface area contributed by atoms with E-state index in [-0.39, 0.29) is 12.5 Å².